The predicted molar refractivity (Wildman–Crippen MR) is 115 cm³/mol. The van der Waals surface area contributed by atoms with Gasteiger partial charge in [-0.2, -0.15) is 0 Å². The van der Waals surface area contributed by atoms with Gasteiger partial charge in [0.15, 0.2) is 0 Å². The molecule has 2 aliphatic carbocycles. The number of nitrogens with two attached hydrogens (primary N) is 1. The van der Waals surface area contributed by atoms with Crippen molar-refractivity contribution in [3.05, 3.63) is 36.1 Å². The standard InChI is InChI=1S/C24H29N3O4/c25-21(28)16-3-1-4-17(11-16)22(29)26-20-5-2-9-24(20)13-27(14-24)23(30)18-7-6-15-8-10-31-19(15)12-18/h6-8,10,12,16-17,20H,1-5,9,11,13-14H2,(H2,25,28)(H,26,29). The minimum Gasteiger partial charge on any atom is -0.464 e. The Morgan fingerprint density at radius 1 is 1.06 bits per heavy atom. The van der Waals surface area contributed by atoms with Gasteiger partial charge in [0, 0.05) is 47.3 Å². The molecular formula is C24H29N3O4. The fourth-order valence-electron chi connectivity index (χ4n) is 5.85. The van der Waals surface area contributed by atoms with E-state index in [-0.39, 0.29) is 41.0 Å². The van der Waals surface area contributed by atoms with E-state index < -0.39 is 0 Å². The van der Waals surface area contributed by atoms with Gasteiger partial charge in [-0.25, -0.2) is 0 Å². The third kappa shape index (κ3) is 3.60. The number of furan rings is 1. The van der Waals surface area contributed by atoms with E-state index in [1.54, 1.807) is 12.3 Å². The van der Waals surface area contributed by atoms with Gasteiger partial charge in [0.2, 0.25) is 11.8 Å². The molecule has 1 aliphatic heterocycles. The van der Waals surface area contributed by atoms with Crippen LogP contribution in [0.5, 0.6) is 0 Å². The van der Waals surface area contributed by atoms with Gasteiger partial charge in [0.1, 0.15) is 5.58 Å². The molecule has 2 heterocycles. The van der Waals surface area contributed by atoms with Crippen molar-refractivity contribution in [2.75, 3.05) is 13.1 Å². The third-order valence-corrected chi connectivity index (χ3v) is 7.67. The number of rotatable bonds is 4. The van der Waals surface area contributed by atoms with Crippen molar-refractivity contribution < 1.29 is 18.8 Å². The van der Waals surface area contributed by atoms with E-state index >= 15 is 0 Å². The zero-order valence-electron chi connectivity index (χ0n) is 17.6. The number of carbonyl (C=O) groups is 3. The second-order valence-corrected chi connectivity index (χ2v) is 9.61. The molecule has 1 aromatic heterocycles. The lowest BCUT2D eigenvalue weighted by Crippen LogP contribution is -2.65. The Morgan fingerprint density at radius 2 is 1.87 bits per heavy atom. The molecule has 164 valence electrons. The highest BCUT2D eigenvalue weighted by atomic mass is 16.3. The maximum absolute atomic E-state index is 13.0. The summed E-state index contributed by atoms with van der Waals surface area (Å²) in [6.07, 6.45) is 7.67. The average molecular weight is 424 g/mol. The van der Waals surface area contributed by atoms with E-state index in [1.807, 2.05) is 23.1 Å². The normalized spacial score (nSPS) is 27.2. The number of nitrogens with zero attached hydrogens (tertiary/aromatic N) is 1. The molecule has 7 heteroatoms. The van der Waals surface area contributed by atoms with Crippen LogP contribution in [0.3, 0.4) is 0 Å². The summed E-state index contributed by atoms with van der Waals surface area (Å²) in [5.74, 6) is -0.564. The van der Waals surface area contributed by atoms with Gasteiger partial charge in [-0.3, -0.25) is 14.4 Å². The van der Waals surface area contributed by atoms with Gasteiger partial charge in [-0.1, -0.05) is 18.9 Å². The maximum atomic E-state index is 13.0. The van der Waals surface area contributed by atoms with Gasteiger partial charge in [0.25, 0.3) is 5.91 Å². The number of likely N-dealkylation sites (tertiary alicyclic amines) is 1. The zero-order chi connectivity index (χ0) is 21.6. The number of hydrogen-bond donors (Lipinski definition) is 2. The molecular weight excluding hydrogens is 394 g/mol. The van der Waals surface area contributed by atoms with E-state index in [1.165, 1.54) is 0 Å². The molecule has 31 heavy (non-hydrogen) atoms. The van der Waals surface area contributed by atoms with Crippen LogP contribution in [0.2, 0.25) is 0 Å². The molecule has 3 aliphatic rings. The number of carbonyl (C=O) groups excluding carboxylic acids is 3. The molecule has 1 spiro atoms. The number of primary amides is 1. The van der Waals surface area contributed by atoms with Crippen LogP contribution in [0.25, 0.3) is 11.0 Å². The molecule has 7 nitrogen and oxygen atoms in total. The Balaban J connectivity index is 1.21. The van der Waals surface area contributed by atoms with E-state index in [2.05, 4.69) is 5.32 Å². The predicted octanol–water partition coefficient (Wildman–Crippen LogP) is 2.84. The summed E-state index contributed by atoms with van der Waals surface area (Å²) in [4.78, 5) is 39.3. The van der Waals surface area contributed by atoms with Crippen molar-refractivity contribution in [3.8, 4) is 0 Å². The lowest BCUT2D eigenvalue weighted by atomic mass is 9.74. The molecule has 0 bridgehead atoms. The molecule has 3 unspecified atom stereocenters. The Kier molecular flexibility index (Phi) is 4.99. The van der Waals surface area contributed by atoms with Crippen molar-refractivity contribution in [1.82, 2.24) is 10.2 Å². The minimum absolute atomic E-state index is 0.0116. The SMILES string of the molecule is NC(=O)C1CCCC(C(=O)NC2CCCC23CN(C(=O)c2ccc4ccoc4c2)C3)C1. The van der Waals surface area contributed by atoms with Gasteiger partial charge >= 0.3 is 0 Å². The number of nitrogens with one attached hydrogen (secondary N) is 1. The molecule has 1 saturated heterocycles. The van der Waals surface area contributed by atoms with Gasteiger partial charge in [-0.05, 0) is 50.3 Å². The molecule has 5 rings (SSSR count). The van der Waals surface area contributed by atoms with Crippen LogP contribution < -0.4 is 11.1 Å². The molecule has 3 atom stereocenters. The Hall–Kier alpha value is -2.83. The number of amides is 3. The van der Waals surface area contributed by atoms with Crippen LogP contribution in [-0.2, 0) is 9.59 Å². The largest absolute Gasteiger partial charge is 0.464 e. The summed E-state index contributed by atoms with van der Waals surface area (Å²) in [6, 6.07) is 7.52. The topological polar surface area (TPSA) is 106 Å². The molecule has 3 N–H and O–H groups in total. The zero-order valence-corrected chi connectivity index (χ0v) is 17.6. The molecule has 2 aromatic rings. The van der Waals surface area contributed by atoms with Crippen LogP contribution in [0.15, 0.2) is 34.9 Å². The summed E-state index contributed by atoms with van der Waals surface area (Å²) in [5.41, 5.74) is 6.79. The quantitative estimate of drug-likeness (QED) is 0.789. The minimum atomic E-state index is -0.296. The van der Waals surface area contributed by atoms with Crippen molar-refractivity contribution in [3.63, 3.8) is 0 Å². The highest BCUT2D eigenvalue weighted by Gasteiger charge is 2.53. The molecule has 1 aromatic carbocycles. The van der Waals surface area contributed by atoms with E-state index in [0.29, 0.717) is 30.7 Å². The van der Waals surface area contributed by atoms with E-state index in [0.717, 1.165) is 43.9 Å². The van der Waals surface area contributed by atoms with Crippen LogP contribution in [0.4, 0.5) is 0 Å². The van der Waals surface area contributed by atoms with Crippen molar-refractivity contribution in [2.45, 2.75) is 51.0 Å². The summed E-state index contributed by atoms with van der Waals surface area (Å²) >= 11 is 0. The first-order valence-corrected chi connectivity index (χ1v) is 11.3. The smallest absolute Gasteiger partial charge is 0.254 e. The highest BCUT2D eigenvalue weighted by molar-refractivity contribution is 5.98. The number of hydrogen-bond acceptors (Lipinski definition) is 4. The third-order valence-electron chi connectivity index (χ3n) is 7.67. The molecule has 3 amide bonds. The number of fused-ring (bicyclic) bond motifs is 1. The molecule has 3 fully saturated rings. The number of benzene rings is 1. The first-order valence-electron chi connectivity index (χ1n) is 11.3. The highest BCUT2D eigenvalue weighted by Crippen LogP contribution is 2.46. The summed E-state index contributed by atoms with van der Waals surface area (Å²) in [7, 11) is 0. The second kappa shape index (κ2) is 7.70. The lowest BCUT2D eigenvalue weighted by molar-refractivity contribution is -0.130. The van der Waals surface area contributed by atoms with Crippen LogP contribution in [-0.4, -0.2) is 41.8 Å². The van der Waals surface area contributed by atoms with Gasteiger partial charge in [0.05, 0.1) is 6.26 Å². The van der Waals surface area contributed by atoms with Crippen molar-refractivity contribution in [2.24, 2.45) is 23.0 Å². The van der Waals surface area contributed by atoms with Crippen molar-refractivity contribution in [1.29, 1.82) is 0 Å². The summed E-state index contributed by atoms with van der Waals surface area (Å²) in [6.45, 7) is 1.34. The Labute approximate surface area is 181 Å². The first-order chi connectivity index (χ1) is 14.9. The maximum Gasteiger partial charge on any atom is 0.254 e. The second-order valence-electron chi connectivity index (χ2n) is 9.61. The molecule has 0 radical (unpaired) electrons. The van der Waals surface area contributed by atoms with Crippen LogP contribution >= 0.6 is 0 Å². The average Bonchev–Trinajstić information content (AvgIpc) is 3.38. The van der Waals surface area contributed by atoms with Crippen LogP contribution in [0.1, 0.15) is 55.3 Å². The fourth-order valence-corrected chi connectivity index (χ4v) is 5.85. The summed E-state index contributed by atoms with van der Waals surface area (Å²) in [5, 5.41) is 4.26. The van der Waals surface area contributed by atoms with E-state index in [4.69, 9.17) is 10.2 Å². The Morgan fingerprint density at radius 3 is 2.68 bits per heavy atom. The lowest BCUT2D eigenvalue weighted by Gasteiger charge is -2.51. The first kappa shape index (κ1) is 20.1. The fraction of sp³-hybridized carbons (Fsp3) is 0.542. The van der Waals surface area contributed by atoms with Crippen LogP contribution in [0, 0.1) is 17.3 Å². The van der Waals surface area contributed by atoms with E-state index in [9.17, 15) is 14.4 Å². The Bertz CT molecular complexity index is 1020. The monoisotopic (exact) mass is 423 g/mol. The van der Waals surface area contributed by atoms with Gasteiger partial charge in [-0.15, -0.1) is 0 Å². The van der Waals surface area contributed by atoms with Gasteiger partial charge < -0.3 is 20.4 Å². The molecule has 2 saturated carbocycles. The van der Waals surface area contributed by atoms with Crippen molar-refractivity contribution >= 4 is 28.7 Å². The summed E-state index contributed by atoms with van der Waals surface area (Å²) < 4.78 is 5.43.